The van der Waals surface area contributed by atoms with E-state index in [1.165, 1.54) is 11.3 Å². The van der Waals surface area contributed by atoms with Crippen LogP contribution in [0.5, 0.6) is 0 Å². The van der Waals surface area contributed by atoms with Gasteiger partial charge in [-0.15, -0.1) is 6.58 Å². The smallest absolute Gasteiger partial charge is 0.0135 e. The third-order valence-electron chi connectivity index (χ3n) is 0.813. The highest BCUT2D eigenvalue weighted by Gasteiger charge is 1.84. The lowest BCUT2D eigenvalue weighted by atomic mass is 10.3. The van der Waals surface area contributed by atoms with Crippen LogP contribution in [0, 0.1) is 5.75 Å². The van der Waals surface area contributed by atoms with E-state index in [4.69, 9.17) is 0 Å². The third kappa shape index (κ3) is 6.09. The monoisotopic (exact) mass is 129 g/mol. The van der Waals surface area contributed by atoms with Crippen molar-refractivity contribution in [3.05, 3.63) is 17.9 Å². The maximum Gasteiger partial charge on any atom is 0.0135 e. The van der Waals surface area contributed by atoms with E-state index in [0.717, 1.165) is 6.42 Å². The quantitative estimate of drug-likeness (QED) is 0.415. The van der Waals surface area contributed by atoms with Crippen LogP contribution in [0.3, 0.4) is 0 Å². The Balaban J connectivity index is 2.82. The van der Waals surface area contributed by atoms with Crippen LogP contribution in [0.4, 0.5) is 0 Å². The van der Waals surface area contributed by atoms with Crippen molar-refractivity contribution in [3.63, 3.8) is 0 Å². The molecule has 0 nitrogen and oxygen atoms in total. The Kier molecular flexibility index (Phi) is 5.29. The van der Waals surface area contributed by atoms with Gasteiger partial charge in [0.05, 0.1) is 0 Å². The van der Waals surface area contributed by atoms with E-state index in [-0.39, 0.29) is 0 Å². The first-order valence-electron chi connectivity index (χ1n) is 2.81. The molecule has 0 saturated carbocycles. The lowest BCUT2D eigenvalue weighted by molar-refractivity contribution is 1.13. The van der Waals surface area contributed by atoms with E-state index in [2.05, 4.69) is 26.2 Å². The summed E-state index contributed by atoms with van der Waals surface area (Å²) in [5.41, 5.74) is 1.28. The summed E-state index contributed by atoms with van der Waals surface area (Å²) in [6.07, 6.45) is 1.15. The van der Waals surface area contributed by atoms with Gasteiger partial charge in [0, 0.05) is 5.75 Å². The molecule has 0 N–H and O–H groups in total. The Hall–Kier alpha value is 0.0900. The minimum atomic E-state index is 1.15. The molecule has 0 aliphatic heterocycles. The summed E-state index contributed by atoms with van der Waals surface area (Å²) in [7, 11) is 0. The normalized spacial score (nSPS) is 9.25. The number of hydrogen-bond donors (Lipinski definition) is 0. The predicted octanol–water partition coefficient (Wildman–Crippen LogP) is 2.87. The van der Waals surface area contributed by atoms with Crippen LogP contribution in [0.1, 0.15) is 20.3 Å². The maximum atomic E-state index is 3.80. The molecule has 0 aliphatic rings. The SMILES string of the molecule is C=C(C)CCS[CH]C. The van der Waals surface area contributed by atoms with Crippen LogP contribution < -0.4 is 0 Å². The maximum absolute atomic E-state index is 3.80. The van der Waals surface area contributed by atoms with E-state index in [0.29, 0.717) is 0 Å². The molecule has 0 amide bonds. The lowest BCUT2D eigenvalue weighted by Gasteiger charge is -1.94. The molecular weight excluding hydrogens is 116 g/mol. The van der Waals surface area contributed by atoms with Crippen LogP contribution >= 0.6 is 11.8 Å². The van der Waals surface area contributed by atoms with Crippen molar-refractivity contribution in [2.45, 2.75) is 20.3 Å². The van der Waals surface area contributed by atoms with Gasteiger partial charge in [-0.1, -0.05) is 12.5 Å². The molecule has 1 heteroatoms. The molecule has 0 unspecified atom stereocenters. The number of thioether (sulfide) groups is 1. The first-order valence-corrected chi connectivity index (χ1v) is 3.86. The van der Waals surface area contributed by atoms with E-state index >= 15 is 0 Å². The Labute approximate surface area is 56.4 Å². The topological polar surface area (TPSA) is 0 Å². The van der Waals surface area contributed by atoms with Gasteiger partial charge >= 0.3 is 0 Å². The second-order valence-corrected chi connectivity index (χ2v) is 3.03. The summed E-state index contributed by atoms with van der Waals surface area (Å²) in [5, 5.41) is 0. The van der Waals surface area contributed by atoms with Crippen molar-refractivity contribution in [2.75, 3.05) is 5.75 Å². The molecule has 0 bridgehead atoms. The Morgan fingerprint density at radius 3 is 2.75 bits per heavy atom. The van der Waals surface area contributed by atoms with Crippen LogP contribution in [-0.4, -0.2) is 5.75 Å². The third-order valence-corrected chi connectivity index (χ3v) is 1.59. The first kappa shape index (κ1) is 8.09. The van der Waals surface area contributed by atoms with Gasteiger partial charge < -0.3 is 0 Å². The fourth-order valence-corrected chi connectivity index (χ4v) is 1.05. The van der Waals surface area contributed by atoms with Crippen molar-refractivity contribution in [3.8, 4) is 0 Å². The average Bonchev–Trinajstić information content (AvgIpc) is 1.66. The molecule has 0 aromatic heterocycles. The molecule has 0 rings (SSSR count). The number of rotatable bonds is 4. The number of hydrogen-bond acceptors (Lipinski definition) is 1. The molecule has 47 valence electrons. The van der Waals surface area contributed by atoms with Gasteiger partial charge in [-0.3, -0.25) is 0 Å². The van der Waals surface area contributed by atoms with Gasteiger partial charge in [-0.05, 0) is 19.1 Å². The van der Waals surface area contributed by atoms with Gasteiger partial charge in [0.1, 0.15) is 0 Å². The summed E-state index contributed by atoms with van der Waals surface area (Å²) in [5.74, 6) is 3.30. The zero-order chi connectivity index (χ0) is 6.41. The fourth-order valence-electron chi connectivity index (χ4n) is 0.351. The van der Waals surface area contributed by atoms with E-state index < -0.39 is 0 Å². The van der Waals surface area contributed by atoms with Crippen molar-refractivity contribution < 1.29 is 0 Å². The van der Waals surface area contributed by atoms with Crippen molar-refractivity contribution in [1.29, 1.82) is 0 Å². The van der Waals surface area contributed by atoms with Crippen molar-refractivity contribution in [2.24, 2.45) is 0 Å². The number of allylic oxidation sites excluding steroid dienone is 1. The molecule has 0 atom stereocenters. The summed E-state index contributed by atoms with van der Waals surface area (Å²) in [6.45, 7) is 7.92. The van der Waals surface area contributed by atoms with Crippen LogP contribution in [0.2, 0.25) is 0 Å². The summed E-state index contributed by atoms with van der Waals surface area (Å²) >= 11 is 1.85. The summed E-state index contributed by atoms with van der Waals surface area (Å²) in [6, 6.07) is 0. The highest BCUT2D eigenvalue weighted by atomic mass is 32.2. The fraction of sp³-hybridized carbons (Fsp3) is 0.571. The molecule has 0 saturated heterocycles. The largest absolute Gasteiger partial charge is 0.157 e. The highest BCUT2D eigenvalue weighted by Crippen LogP contribution is 2.08. The second-order valence-electron chi connectivity index (χ2n) is 1.81. The van der Waals surface area contributed by atoms with E-state index in [1.54, 1.807) is 0 Å². The van der Waals surface area contributed by atoms with Gasteiger partial charge in [0.2, 0.25) is 0 Å². The lowest BCUT2D eigenvalue weighted by Crippen LogP contribution is -1.77. The molecule has 0 heterocycles. The van der Waals surface area contributed by atoms with Gasteiger partial charge in [0.25, 0.3) is 0 Å². The van der Waals surface area contributed by atoms with Crippen LogP contribution in [0.15, 0.2) is 12.2 Å². The molecule has 0 aromatic carbocycles. The van der Waals surface area contributed by atoms with Crippen LogP contribution in [0.25, 0.3) is 0 Å². The van der Waals surface area contributed by atoms with E-state index in [9.17, 15) is 0 Å². The standard InChI is InChI=1S/C7H13S/c1-4-8-6-5-7(2)3/h4H,2,5-6H2,1,3H3. The summed E-state index contributed by atoms with van der Waals surface area (Å²) in [4.78, 5) is 0. The van der Waals surface area contributed by atoms with Gasteiger partial charge in [-0.25, -0.2) is 0 Å². The molecule has 0 aliphatic carbocycles. The van der Waals surface area contributed by atoms with Gasteiger partial charge in [-0.2, -0.15) is 11.8 Å². The molecule has 0 fully saturated rings. The Bertz CT molecular complexity index is 66.8. The molecule has 8 heavy (non-hydrogen) atoms. The van der Waals surface area contributed by atoms with E-state index in [1.807, 2.05) is 11.8 Å². The highest BCUT2D eigenvalue weighted by molar-refractivity contribution is 8.01. The van der Waals surface area contributed by atoms with Crippen molar-refractivity contribution >= 4 is 11.8 Å². The second kappa shape index (κ2) is 5.23. The Morgan fingerprint density at radius 1 is 1.75 bits per heavy atom. The average molecular weight is 129 g/mol. The first-order chi connectivity index (χ1) is 3.77. The molecule has 0 spiro atoms. The zero-order valence-corrected chi connectivity index (χ0v) is 6.42. The molecular formula is C7H13S. The summed E-state index contributed by atoms with van der Waals surface area (Å²) < 4.78 is 0. The predicted molar refractivity (Wildman–Crippen MR) is 41.9 cm³/mol. The van der Waals surface area contributed by atoms with Gasteiger partial charge in [0.15, 0.2) is 0 Å². The Morgan fingerprint density at radius 2 is 2.38 bits per heavy atom. The minimum absolute atomic E-state index is 1.15. The van der Waals surface area contributed by atoms with Crippen molar-refractivity contribution in [1.82, 2.24) is 0 Å². The van der Waals surface area contributed by atoms with Crippen LogP contribution in [-0.2, 0) is 0 Å². The minimum Gasteiger partial charge on any atom is -0.157 e. The molecule has 1 radical (unpaired) electrons. The molecule has 0 aromatic rings. The zero-order valence-electron chi connectivity index (χ0n) is 5.61.